The van der Waals surface area contributed by atoms with Gasteiger partial charge in [0.15, 0.2) is 11.5 Å². The summed E-state index contributed by atoms with van der Waals surface area (Å²) < 4.78 is 11.1. The highest BCUT2D eigenvalue weighted by Gasteiger charge is 2.26. The van der Waals surface area contributed by atoms with E-state index in [1.165, 1.54) is 5.56 Å². The van der Waals surface area contributed by atoms with Crippen LogP contribution in [0, 0.1) is 0 Å². The standard InChI is InChI=1S/C13H16ClNO2S/c1-2-9-7-18-13(15-9)8-5-10(14)12-11(6-8)16-3-4-17-12/h5-6,9,13,15H,2-4,7H2,1H3. The van der Waals surface area contributed by atoms with Crippen molar-refractivity contribution in [1.29, 1.82) is 0 Å². The van der Waals surface area contributed by atoms with Crippen LogP contribution in [0.4, 0.5) is 0 Å². The lowest BCUT2D eigenvalue weighted by Gasteiger charge is -2.22. The van der Waals surface area contributed by atoms with E-state index in [4.69, 9.17) is 21.1 Å². The number of ether oxygens (including phenoxy) is 2. The zero-order chi connectivity index (χ0) is 12.5. The van der Waals surface area contributed by atoms with E-state index in [1.54, 1.807) is 0 Å². The molecule has 0 aromatic heterocycles. The summed E-state index contributed by atoms with van der Waals surface area (Å²) in [6.45, 7) is 3.37. The Morgan fingerprint density at radius 3 is 3.00 bits per heavy atom. The van der Waals surface area contributed by atoms with Crippen LogP contribution >= 0.6 is 23.4 Å². The van der Waals surface area contributed by atoms with Crippen molar-refractivity contribution in [3.63, 3.8) is 0 Å². The first-order chi connectivity index (χ1) is 8.78. The van der Waals surface area contributed by atoms with E-state index >= 15 is 0 Å². The molecule has 0 radical (unpaired) electrons. The SMILES string of the molecule is CCC1CSC(c2cc(Cl)c3c(c2)OCCO3)N1. The van der Waals surface area contributed by atoms with Crippen LogP contribution in [0.2, 0.25) is 5.02 Å². The van der Waals surface area contributed by atoms with Crippen molar-refractivity contribution in [2.75, 3.05) is 19.0 Å². The van der Waals surface area contributed by atoms with Crippen molar-refractivity contribution in [3.8, 4) is 11.5 Å². The summed E-state index contributed by atoms with van der Waals surface area (Å²) in [6.07, 6.45) is 1.15. The maximum absolute atomic E-state index is 6.25. The van der Waals surface area contributed by atoms with Gasteiger partial charge in [-0.25, -0.2) is 0 Å². The van der Waals surface area contributed by atoms with Crippen molar-refractivity contribution < 1.29 is 9.47 Å². The lowest BCUT2D eigenvalue weighted by Crippen LogP contribution is -2.24. The third kappa shape index (κ3) is 2.29. The van der Waals surface area contributed by atoms with Gasteiger partial charge < -0.3 is 9.47 Å². The van der Waals surface area contributed by atoms with Crippen molar-refractivity contribution in [1.82, 2.24) is 5.32 Å². The van der Waals surface area contributed by atoms with Gasteiger partial charge in [-0.05, 0) is 24.1 Å². The quantitative estimate of drug-likeness (QED) is 0.904. The predicted octanol–water partition coefficient (Wildman–Crippen LogP) is 3.22. The highest BCUT2D eigenvalue weighted by atomic mass is 35.5. The summed E-state index contributed by atoms with van der Waals surface area (Å²) in [6, 6.07) is 4.62. The van der Waals surface area contributed by atoms with E-state index in [0.717, 1.165) is 17.9 Å². The largest absolute Gasteiger partial charge is 0.486 e. The molecule has 1 aromatic rings. The van der Waals surface area contributed by atoms with Crippen LogP contribution < -0.4 is 14.8 Å². The summed E-state index contributed by atoms with van der Waals surface area (Å²) >= 11 is 8.18. The molecule has 5 heteroatoms. The molecular formula is C13H16ClNO2S. The molecule has 0 amide bonds. The molecule has 3 nitrogen and oxygen atoms in total. The summed E-state index contributed by atoms with van der Waals surface area (Å²) in [5.41, 5.74) is 1.17. The molecule has 1 N–H and O–H groups in total. The third-order valence-electron chi connectivity index (χ3n) is 3.27. The van der Waals surface area contributed by atoms with E-state index in [-0.39, 0.29) is 0 Å². The second-order valence-corrected chi connectivity index (χ2v) is 6.06. The summed E-state index contributed by atoms with van der Waals surface area (Å²) in [7, 11) is 0. The van der Waals surface area contributed by atoms with Crippen LogP contribution in [0.25, 0.3) is 0 Å². The van der Waals surface area contributed by atoms with Crippen molar-refractivity contribution >= 4 is 23.4 Å². The minimum atomic E-state index is 0.309. The second-order valence-electron chi connectivity index (χ2n) is 4.51. The average molecular weight is 286 g/mol. The van der Waals surface area contributed by atoms with Gasteiger partial charge in [-0.2, -0.15) is 0 Å². The molecule has 2 aliphatic rings. The number of hydrogen-bond acceptors (Lipinski definition) is 4. The Kier molecular flexibility index (Phi) is 3.59. The van der Waals surface area contributed by atoms with Crippen LogP contribution in [-0.2, 0) is 0 Å². The molecule has 1 saturated heterocycles. The second kappa shape index (κ2) is 5.19. The van der Waals surface area contributed by atoms with Gasteiger partial charge >= 0.3 is 0 Å². The number of thioether (sulfide) groups is 1. The van der Waals surface area contributed by atoms with Crippen LogP contribution in [0.5, 0.6) is 11.5 Å². The van der Waals surface area contributed by atoms with Gasteiger partial charge in [-0.1, -0.05) is 18.5 Å². The predicted molar refractivity (Wildman–Crippen MR) is 74.9 cm³/mol. The molecule has 18 heavy (non-hydrogen) atoms. The molecule has 2 atom stereocenters. The van der Waals surface area contributed by atoms with Crippen LogP contribution in [-0.4, -0.2) is 25.0 Å². The number of hydrogen-bond donors (Lipinski definition) is 1. The lowest BCUT2D eigenvalue weighted by atomic mass is 10.1. The Morgan fingerprint density at radius 2 is 2.22 bits per heavy atom. The van der Waals surface area contributed by atoms with Crippen LogP contribution in [0.3, 0.4) is 0 Å². The van der Waals surface area contributed by atoms with Gasteiger partial charge in [0.2, 0.25) is 0 Å². The van der Waals surface area contributed by atoms with Gasteiger partial charge in [0.1, 0.15) is 13.2 Å². The molecule has 0 saturated carbocycles. The highest BCUT2D eigenvalue weighted by molar-refractivity contribution is 7.99. The first kappa shape index (κ1) is 12.5. The maximum atomic E-state index is 6.25. The fourth-order valence-electron chi connectivity index (χ4n) is 2.23. The fraction of sp³-hybridized carbons (Fsp3) is 0.538. The number of nitrogens with one attached hydrogen (secondary N) is 1. The molecular weight excluding hydrogens is 270 g/mol. The van der Waals surface area contributed by atoms with Gasteiger partial charge in [0.05, 0.1) is 10.4 Å². The molecule has 0 spiro atoms. The molecule has 2 aliphatic heterocycles. The smallest absolute Gasteiger partial charge is 0.179 e. The van der Waals surface area contributed by atoms with Crippen molar-refractivity contribution in [2.45, 2.75) is 24.8 Å². The molecule has 0 aliphatic carbocycles. The normalized spacial score (nSPS) is 26.3. The van der Waals surface area contributed by atoms with Gasteiger partial charge in [0, 0.05) is 11.8 Å². The monoisotopic (exact) mass is 285 g/mol. The number of fused-ring (bicyclic) bond motifs is 1. The summed E-state index contributed by atoms with van der Waals surface area (Å²) in [5.74, 6) is 2.60. The van der Waals surface area contributed by atoms with Crippen molar-refractivity contribution in [2.24, 2.45) is 0 Å². The van der Waals surface area contributed by atoms with Crippen LogP contribution in [0.1, 0.15) is 24.3 Å². The van der Waals surface area contributed by atoms with Crippen LogP contribution in [0.15, 0.2) is 12.1 Å². The topological polar surface area (TPSA) is 30.5 Å². The first-order valence-corrected chi connectivity index (χ1v) is 7.67. The van der Waals surface area contributed by atoms with E-state index in [2.05, 4.69) is 12.2 Å². The molecule has 1 fully saturated rings. The number of benzene rings is 1. The molecule has 1 aromatic carbocycles. The highest BCUT2D eigenvalue weighted by Crippen LogP contribution is 2.43. The molecule has 98 valence electrons. The van der Waals surface area contributed by atoms with E-state index in [1.807, 2.05) is 23.9 Å². The van der Waals surface area contributed by atoms with E-state index in [9.17, 15) is 0 Å². The molecule has 2 unspecified atom stereocenters. The fourth-order valence-corrected chi connectivity index (χ4v) is 3.88. The molecule has 0 bridgehead atoms. The van der Waals surface area contributed by atoms with E-state index < -0.39 is 0 Å². The maximum Gasteiger partial charge on any atom is 0.179 e. The third-order valence-corrected chi connectivity index (χ3v) is 4.88. The minimum absolute atomic E-state index is 0.309. The van der Waals surface area contributed by atoms with Gasteiger partial charge in [-0.15, -0.1) is 11.8 Å². The summed E-state index contributed by atoms with van der Waals surface area (Å²) in [5, 5.41) is 4.55. The zero-order valence-corrected chi connectivity index (χ0v) is 11.8. The van der Waals surface area contributed by atoms with Crippen molar-refractivity contribution in [3.05, 3.63) is 22.7 Å². The van der Waals surface area contributed by atoms with Gasteiger partial charge in [-0.3, -0.25) is 5.32 Å². The first-order valence-electron chi connectivity index (χ1n) is 6.24. The molecule has 3 rings (SSSR count). The zero-order valence-electron chi connectivity index (χ0n) is 10.2. The van der Waals surface area contributed by atoms with Gasteiger partial charge in [0.25, 0.3) is 0 Å². The summed E-state index contributed by atoms with van der Waals surface area (Å²) in [4.78, 5) is 0. The molecule has 2 heterocycles. The Bertz CT molecular complexity index is 455. The minimum Gasteiger partial charge on any atom is -0.486 e. The Labute approximate surface area is 116 Å². The number of halogens is 1. The lowest BCUT2D eigenvalue weighted by molar-refractivity contribution is 0.171. The Hall–Kier alpha value is -0.580. The average Bonchev–Trinajstić information content (AvgIpc) is 2.87. The Morgan fingerprint density at radius 1 is 1.39 bits per heavy atom. The Balaban J connectivity index is 1.87. The van der Waals surface area contributed by atoms with E-state index in [0.29, 0.717) is 35.4 Å². The number of rotatable bonds is 2.